The molecule has 1 aromatic rings. The topological polar surface area (TPSA) is 35.2 Å². The lowest BCUT2D eigenvalue weighted by Crippen LogP contribution is -2.25. The fourth-order valence-corrected chi connectivity index (χ4v) is 2.03. The second-order valence-electron chi connectivity index (χ2n) is 4.76. The lowest BCUT2D eigenvalue weighted by molar-refractivity contribution is 0.414. The Morgan fingerprint density at radius 3 is 2.07 bits per heavy atom. The Morgan fingerprint density at radius 2 is 1.71 bits per heavy atom. The van der Waals surface area contributed by atoms with Gasteiger partial charge in [-0.15, -0.1) is 0 Å². The highest BCUT2D eigenvalue weighted by Crippen LogP contribution is 2.60. The van der Waals surface area contributed by atoms with E-state index in [1.54, 1.807) is 7.11 Å². The molecule has 2 N–H and O–H groups in total. The summed E-state index contributed by atoms with van der Waals surface area (Å²) in [5.41, 5.74) is 7.62. The Morgan fingerprint density at radius 1 is 1.21 bits per heavy atom. The number of hydrogen-bond donors (Lipinski definition) is 1. The summed E-state index contributed by atoms with van der Waals surface area (Å²) >= 11 is 0. The average molecular weight is 191 g/mol. The first-order valence-electron chi connectivity index (χ1n) is 4.93. The maximum absolute atomic E-state index is 6.30. The molecule has 2 nitrogen and oxygen atoms in total. The van der Waals surface area contributed by atoms with Crippen LogP contribution in [0.15, 0.2) is 24.3 Å². The third-order valence-corrected chi connectivity index (χ3v) is 3.41. The van der Waals surface area contributed by atoms with Gasteiger partial charge in [-0.1, -0.05) is 26.0 Å². The zero-order chi connectivity index (χ0) is 10.4. The van der Waals surface area contributed by atoms with Crippen LogP contribution in [-0.2, 0) is 5.54 Å². The first kappa shape index (κ1) is 9.53. The number of benzene rings is 1. The minimum atomic E-state index is -0.126. The van der Waals surface area contributed by atoms with Crippen LogP contribution in [-0.4, -0.2) is 7.11 Å². The number of hydrogen-bond acceptors (Lipinski definition) is 2. The third kappa shape index (κ3) is 1.22. The smallest absolute Gasteiger partial charge is 0.118 e. The molecule has 0 spiro atoms. The van der Waals surface area contributed by atoms with Gasteiger partial charge in [0.1, 0.15) is 5.75 Å². The first-order chi connectivity index (χ1) is 6.49. The van der Waals surface area contributed by atoms with Gasteiger partial charge in [-0.2, -0.15) is 0 Å². The lowest BCUT2D eigenvalue weighted by Gasteiger charge is -2.15. The van der Waals surface area contributed by atoms with E-state index in [-0.39, 0.29) is 11.0 Å². The first-order valence-corrected chi connectivity index (χ1v) is 4.93. The summed E-state index contributed by atoms with van der Waals surface area (Å²) in [6.07, 6.45) is 1.06. The summed E-state index contributed by atoms with van der Waals surface area (Å²) in [5.74, 6) is 0.885. The second-order valence-corrected chi connectivity index (χ2v) is 4.76. The highest BCUT2D eigenvalue weighted by molar-refractivity contribution is 5.38. The van der Waals surface area contributed by atoms with E-state index in [1.165, 1.54) is 5.56 Å². The summed E-state index contributed by atoms with van der Waals surface area (Å²) in [5, 5.41) is 0. The molecular weight excluding hydrogens is 174 g/mol. The molecule has 76 valence electrons. The zero-order valence-corrected chi connectivity index (χ0v) is 9.00. The summed E-state index contributed by atoms with van der Waals surface area (Å²) in [6, 6.07) is 8.07. The maximum Gasteiger partial charge on any atom is 0.118 e. The molecule has 2 rings (SSSR count). The Kier molecular flexibility index (Phi) is 1.86. The number of methoxy groups -OCH3 is 1. The molecule has 0 aliphatic heterocycles. The van der Waals surface area contributed by atoms with Crippen molar-refractivity contribution >= 4 is 0 Å². The normalized spacial score (nSPS) is 28.6. The quantitative estimate of drug-likeness (QED) is 0.778. The fraction of sp³-hybridized carbons (Fsp3) is 0.500. The number of ether oxygens (including phenoxy) is 1. The summed E-state index contributed by atoms with van der Waals surface area (Å²) < 4.78 is 5.11. The molecule has 1 fully saturated rings. The number of nitrogens with two attached hydrogens (primary N) is 1. The van der Waals surface area contributed by atoms with Crippen molar-refractivity contribution in [2.24, 2.45) is 11.1 Å². The molecule has 0 radical (unpaired) electrons. The second kappa shape index (κ2) is 2.74. The highest BCUT2D eigenvalue weighted by atomic mass is 16.5. The van der Waals surface area contributed by atoms with Gasteiger partial charge in [0.05, 0.1) is 7.11 Å². The molecule has 0 bridgehead atoms. The molecule has 0 amide bonds. The van der Waals surface area contributed by atoms with Crippen LogP contribution in [0.2, 0.25) is 0 Å². The molecule has 1 saturated carbocycles. The van der Waals surface area contributed by atoms with Gasteiger partial charge in [-0.25, -0.2) is 0 Å². The van der Waals surface area contributed by atoms with Crippen LogP contribution < -0.4 is 10.5 Å². The van der Waals surface area contributed by atoms with Crippen molar-refractivity contribution in [3.8, 4) is 5.75 Å². The minimum absolute atomic E-state index is 0.126. The van der Waals surface area contributed by atoms with Crippen LogP contribution >= 0.6 is 0 Å². The van der Waals surface area contributed by atoms with E-state index in [0.717, 1.165) is 12.2 Å². The predicted molar refractivity (Wildman–Crippen MR) is 57.3 cm³/mol. The molecule has 14 heavy (non-hydrogen) atoms. The standard InChI is InChI=1S/C12H17NO/c1-11(2)8-12(11,13)9-4-6-10(14-3)7-5-9/h4-7H,8,13H2,1-3H3. The van der Waals surface area contributed by atoms with Crippen molar-refractivity contribution in [1.29, 1.82) is 0 Å². The molecule has 1 atom stereocenters. The van der Waals surface area contributed by atoms with Crippen LogP contribution in [0.4, 0.5) is 0 Å². The molecule has 0 aromatic heterocycles. The average Bonchev–Trinajstić information content (AvgIpc) is 2.68. The Hall–Kier alpha value is -1.02. The van der Waals surface area contributed by atoms with Crippen molar-refractivity contribution in [2.45, 2.75) is 25.8 Å². The maximum atomic E-state index is 6.30. The van der Waals surface area contributed by atoms with Crippen molar-refractivity contribution in [3.05, 3.63) is 29.8 Å². The van der Waals surface area contributed by atoms with Crippen LogP contribution in [0.3, 0.4) is 0 Å². The van der Waals surface area contributed by atoms with Gasteiger partial charge in [-0.3, -0.25) is 0 Å². The highest BCUT2D eigenvalue weighted by Gasteiger charge is 2.59. The molecule has 2 heteroatoms. The lowest BCUT2D eigenvalue weighted by atomic mass is 9.97. The Bertz CT molecular complexity index is 342. The summed E-state index contributed by atoms with van der Waals surface area (Å²) in [4.78, 5) is 0. The van der Waals surface area contributed by atoms with Gasteiger partial charge in [0.15, 0.2) is 0 Å². The van der Waals surface area contributed by atoms with E-state index < -0.39 is 0 Å². The van der Waals surface area contributed by atoms with Crippen molar-refractivity contribution in [1.82, 2.24) is 0 Å². The Labute approximate surface area is 85.1 Å². The summed E-state index contributed by atoms with van der Waals surface area (Å²) in [6.45, 7) is 4.41. The SMILES string of the molecule is COc1ccc(C2(N)CC2(C)C)cc1. The molecule has 1 aliphatic rings. The third-order valence-electron chi connectivity index (χ3n) is 3.41. The van der Waals surface area contributed by atoms with Crippen LogP contribution in [0.25, 0.3) is 0 Å². The van der Waals surface area contributed by atoms with Crippen molar-refractivity contribution < 1.29 is 4.74 Å². The van der Waals surface area contributed by atoms with E-state index >= 15 is 0 Å². The Balaban J connectivity index is 2.27. The van der Waals surface area contributed by atoms with Crippen LogP contribution in [0.1, 0.15) is 25.8 Å². The van der Waals surface area contributed by atoms with Gasteiger partial charge in [0.2, 0.25) is 0 Å². The zero-order valence-electron chi connectivity index (χ0n) is 9.00. The van der Waals surface area contributed by atoms with E-state index in [0.29, 0.717) is 0 Å². The van der Waals surface area contributed by atoms with Crippen molar-refractivity contribution in [3.63, 3.8) is 0 Å². The molecule has 0 heterocycles. The molecule has 0 saturated heterocycles. The monoisotopic (exact) mass is 191 g/mol. The summed E-state index contributed by atoms with van der Waals surface area (Å²) in [7, 11) is 1.67. The molecule has 1 aliphatic carbocycles. The van der Waals surface area contributed by atoms with Crippen LogP contribution in [0, 0.1) is 5.41 Å². The van der Waals surface area contributed by atoms with E-state index in [1.807, 2.05) is 12.1 Å². The van der Waals surface area contributed by atoms with Gasteiger partial charge >= 0.3 is 0 Å². The molecular formula is C12H17NO. The van der Waals surface area contributed by atoms with Gasteiger partial charge < -0.3 is 10.5 Å². The van der Waals surface area contributed by atoms with Crippen LogP contribution in [0.5, 0.6) is 5.75 Å². The van der Waals surface area contributed by atoms with E-state index in [9.17, 15) is 0 Å². The fourth-order valence-electron chi connectivity index (χ4n) is 2.03. The van der Waals surface area contributed by atoms with Crippen molar-refractivity contribution in [2.75, 3.05) is 7.11 Å². The predicted octanol–water partition coefficient (Wildman–Crippen LogP) is 2.28. The molecule has 1 aromatic carbocycles. The number of rotatable bonds is 2. The van der Waals surface area contributed by atoms with E-state index in [4.69, 9.17) is 10.5 Å². The van der Waals surface area contributed by atoms with E-state index in [2.05, 4.69) is 26.0 Å². The van der Waals surface area contributed by atoms with Gasteiger partial charge in [0.25, 0.3) is 0 Å². The molecule has 1 unspecified atom stereocenters. The van der Waals surface area contributed by atoms with Gasteiger partial charge in [-0.05, 0) is 29.5 Å². The largest absolute Gasteiger partial charge is 0.497 e. The van der Waals surface area contributed by atoms with Gasteiger partial charge in [0, 0.05) is 5.54 Å². The minimum Gasteiger partial charge on any atom is -0.497 e.